The number of aryl methyl sites for hydroxylation is 2. The molecular weight excluding hydrogens is 262 g/mol. The molecule has 110 valence electrons. The first-order chi connectivity index (χ1) is 10.1. The molecule has 3 nitrogen and oxygen atoms in total. The van der Waals surface area contributed by atoms with Gasteiger partial charge in [-0.3, -0.25) is 4.79 Å². The van der Waals surface area contributed by atoms with E-state index in [4.69, 9.17) is 4.74 Å². The van der Waals surface area contributed by atoms with Gasteiger partial charge in [0.05, 0.1) is 13.5 Å². The maximum atomic E-state index is 12.1. The third-order valence-electron chi connectivity index (χ3n) is 3.40. The number of nitrogens with one attached hydrogen (secondary N) is 1. The standard InChI is InChI=1S/C18H21NO2/c1-13-4-7-15(8-5-13)12-19-18(20)11-16-10-14(2)6-9-17(16)21-3/h4-10H,11-12H2,1-3H3,(H,19,20). The van der Waals surface area contributed by atoms with Crippen LogP contribution >= 0.6 is 0 Å². The van der Waals surface area contributed by atoms with Crippen LogP contribution in [0.15, 0.2) is 42.5 Å². The van der Waals surface area contributed by atoms with Crippen molar-refractivity contribution in [2.45, 2.75) is 26.8 Å². The molecule has 0 bridgehead atoms. The summed E-state index contributed by atoms with van der Waals surface area (Å²) in [5.74, 6) is 0.755. The SMILES string of the molecule is COc1ccc(C)cc1CC(=O)NCc1ccc(C)cc1. The Hall–Kier alpha value is -2.29. The lowest BCUT2D eigenvalue weighted by molar-refractivity contribution is -0.120. The fourth-order valence-electron chi connectivity index (χ4n) is 2.19. The van der Waals surface area contributed by atoms with Crippen molar-refractivity contribution < 1.29 is 9.53 Å². The van der Waals surface area contributed by atoms with Gasteiger partial charge in [-0.2, -0.15) is 0 Å². The Kier molecular flexibility index (Phi) is 4.99. The lowest BCUT2D eigenvalue weighted by Crippen LogP contribution is -2.24. The van der Waals surface area contributed by atoms with Gasteiger partial charge in [-0.1, -0.05) is 47.5 Å². The highest BCUT2D eigenvalue weighted by atomic mass is 16.5. The number of ether oxygens (including phenoxy) is 1. The summed E-state index contributed by atoms with van der Waals surface area (Å²) >= 11 is 0. The largest absolute Gasteiger partial charge is 0.496 e. The predicted octanol–water partition coefficient (Wildman–Crippen LogP) is 3.17. The second-order valence-electron chi connectivity index (χ2n) is 5.25. The first-order valence-electron chi connectivity index (χ1n) is 7.04. The summed E-state index contributed by atoms with van der Waals surface area (Å²) < 4.78 is 5.30. The van der Waals surface area contributed by atoms with Crippen LogP contribution < -0.4 is 10.1 Å². The van der Waals surface area contributed by atoms with Gasteiger partial charge in [0, 0.05) is 12.1 Å². The number of amides is 1. The van der Waals surface area contributed by atoms with Crippen molar-refractivity contribution in [2.75, 3.05) is 7.11 Å². The lowest BCUT2D eigenvalue weighted by atomic mass is 10.1. The van der Waals surface area contributed by atoms with Crippen LogP contribution in [-0.4, -0.2) is 13.0 Å². The molecule has 0 aliphatic heterocycles. The Morgan fingerprint density at radius 3 is 2.38 bits per heavy atom. The number of hydrogen-bond donors (Lipinski definition) is 1. The van der Waals surface area contributed by atoms with Crippen LogP contribution in [-0.2, 0) is 17.8 Å². The van der Waals surface area contributed by atoms with Gasteiger partial charge in [0.25, 0.3) is 0 Å². The zero-order valence-corrected chi connectivity index (χ0v) is 12.8. The minimum absolute atomic E-state index is 0.000486. The molecule has 0 aliphatic rings. The molecule has 3 heteroatoms. The molecule has 2 rings (SSSR count). The number of benzene rings is 2. The molecule has 0 radical (unpaired) electrons. The average molecular weight is 283 g/mol. The number of hydrogen-bond acceptors (Lipinski definition) is 2. The summed E-state index contributed by atoms with van der Waals surface area (Å²) in [5, 5.41) is 2.94. The Morgan fingerprint density at radius 2 is 1.71 bits per heavy atom. The number of rotatable bonds is 5. The Bertz CT molecular complexity index is 618. The van der Waals surface area contributed by atoms with Gasteiger partial charge in [0.1, 0.15) is 5.75 Å². The zero-order chi connectivity index (χ0) is 15.2. The quantitative estimate of drug-likeness (QED) is 0.915. The molecule has 1 N–H and O–H groups in total. The van der Waals surface area contributed by atoms with Gasteiger partial charge in [-0.05, 0) is 25.5 Å². The van der Waals surface area contributed by atoms with E-state index < -0.39 is 0 Å². The molecule has 0 aliphatic carbocycles. The highest BCUT2D eigenvalue weighted by Crippen LogP contribution is 2.20. The van der Waals surface area contributed by atoms with Gasteiger partial charge < -0.3 is 10.1 Å². The number of carbonyl (C=O) groups is 1. The number of methoxy groups -OCH3 is 1. The summed E-state index contributed by atoms with van der Waals surface area (Å²) in [6.45, 7) is 4.60. The fourth-order valence-corrected chi connectivity index (χ4v) is 2.19. The van der Waals surface area contributed by atoms with E-state index in [0.717, 1.165) is 22.4 Å². The smallest absolute Gasteiger partial charge is 0.224 e. The minimum Gasteiger partial charge on any atom is -0.496 e. The van der Waals surface area contributed by atoms with Gasteiger partial charge in [0.2, 0.25) is 5.91 Å². The zero-order valence-electron chi connectivity index (χ0n) is 12.8. The highest BCUT2D eigenvalue weighted by Gasteiger charge is 2.09. The second kappa shape index (κ2) is 6.93. The van der Waals surface area contributed by atoms with E-state index in [1.165, 1.54) is 5.56 Å². The van der Waals surface area contributed by atoms with E-state index in [0.29, 0.717) is 13.0 Å². The van der Waals surface area contributed by atoms with Crippen molar-refractivity contribution in [1.82, 2.24) is 5.32 Å². The summed E-state index contributed by atoms with van der Waals surface area (Å²) in [7, 11) is 1.62. The van der Waals surface area contributed by atoms with Crippen LogP contribution in [0, 0.1) is 13.8 Å². The summed E-state index contributed by atoms with van der Waals surface area (Å²) in [4.78, 5) is 12.1. The molecule has 0 unspecified atom stereocenters. The Morgan fingerprint density at radius 1 is 1.05 bits per heavy atom. The van der Waals surface area contributed by atoms with Gasteiger partial charge in [0.15, 0.2) is 0 Å². The van der Waals surface area contributed by atoms with Crippen molar-refractivity contribution in [3.63, 3.8) is 0 Å². The van der Waals surface area contributed by atoms with E-state index in [1.807, 2.05) is 56.3 Å². The van der Waals surface area contributed by atoms with Crippen molar-refractivity contribution in [3.05, 3.63) is 64.7 Å². The monoisotopic (exact) mass is 283 g/mol. The van der Waals surface area contributed by atoms with E-state index in [1.54, 1.807) is 7.11 Å². The molecule has 1 amide bonds. The van der Waals surface area contributed by atoms with Crippen molar-refractivity contribution >= 4 is 5.91 Å². The van der Waals surface area contributed by atoms with Crippen LogP contribution in [0.25, 0.3) is 0 Å². The topological polar surface area (TPSA) is 38.3 Å². The first-order valence-corrected chi connectivity index (χ1v) is 7.04. The van der Waals surface area contributed by atoms with Crippen LogP contribution in [0.5, 0.6) is 5.75 Å². The van der Waals surface area contributed by atoms with E-state index in [2.05, 4.69) is 5.32 Å². The van der Waals surface area contributed by atoms with E-state index in [9.17, 15) is 4.79 Å². The lowest BCUT2D eigenvalue weighted by Gasteiger charge is -2.10. The van der Waals surface area contributed by atoms with E-state index >= 15 is 0 Å². The van der Waals surface area contributed by atoms with Gasteiger partial charge in [-0.15, -0.1) is 0 Å². The molecule has 2 aromatic rings. The molecule has 0 saturated heterocycles. The highest BCUT2D eigenvalue weighted by molar-refractivity contribution is 5.79. The van der Waals surface area contributed by atoms with Crippen LogP contribution in [0.2, 0.25) is 0 Å². The fraction of sp³-hybridized carbons (Fsp3) is 0.278. The minimum atomic E-state index is -0.000486. The van der Waals surface area contributed by atoms with Gasteiger partial charge >= 0.3 is 0 Å². The molecule has 0 aromatic heterocycles. The Balaban J connectivity index is 1.95. The molecule has 0 heterocycles. The molecule has 0 atom stereocenters. The summed E-state index contributed by atoms with van der Waals surface area (Å²) in [5.41, 5.74) is 4.36. The Labute approximate surface area is 126 Å². The third-order valence-corrected chi connectivity index (χ3v) is 3.40. The first kappa shape index (κ1) is 15.1. The van der Waals surface area contributed by atoms with E-state index in [-0.39, 0.29) is 5.91 Å². The maximum Gasteiger partial charge on any atom is 0.224 e. The van der Waals surface area contributed by atoms with Gasteiger partial charge in [-0.25, -0.2) is 0 Å². The molecule has 0 saturated carbocycles. The van der Waals surface area contributed by atoms with Crippen LogP contribution in [0.1, 0.15) is 22.3 Å². The summed E-state index contributed by atoms with van der Waals surface area (Å²) in [6, 6.07) is 14.0. The number of carbonyl (C=O) groups excluding carboxylic acids is 1. The molecule has 2 aromatic carbocycles. The predicted molar refractivity (Wildman–Crippen MR) is 84.5 cm³/mol. The normalized spacial score (nSPS) is 10.2. The molecular formula is C18H21NO2. The van der Waals surface area contributed by atoms with Crippen molar-refractivity contribution in [3.8, 4) is 5.75 Å². The average Bonchev–Trinajstić information content (AvgIpc) is 2.47. The van der Waals surface area contributed by atoms with Crippen molar-refractivity contribution in [2.24, 2.45) is 0 Å². The molecule has 21 heavy (non-hydrogen) atoms. The van der Waals surface area contributed by atoms with Crippen LogP contribution in [0.3, 0.4) is 0 Å². The van der Waals surface area contributed by atoms with Crippen LogP contribution in [0.4, 0.5) is 0 Å². The summed E-state index contributed by atoms with van der Waals surface area (Å²) in [6.07, 6.45) is 0.330. The maximum absolute atomic E-state index is 12.1. The third kappa shape index (κ3) is 4.35. The molecule has 0 fully saturated rings. The second-order valence-corrected chi connectivity index (χ2v) is 5.25. The van der Waals surface area contributed by atoms with Crippen molar-refractivity contribution in [1.29, 1.82) is 0 Å². The molecule has 0 spiro atoms.